The van der Waals surface area contributed by atoms with Crippen LogP contribution in [0.4, 0.5) is 14.7 Å². The lowest BCUT2D eigenvalue weighted by molar-refractivity contribution is -0.202. The molecule has 0 spiro atoms. The molecule has 6 atom stereocenters. The minimum atomic E-state index is -4.58. The van der Waals surface area contributed by atoms with Crippen molar-refractivity contribution in [1.29, 1.82) is 0 Å². The van der Waals surface area contributed by atoms with Gasteiger partial charge < -0.3 is 29.6 Å². The number of nitrogens with zero attached hydrogens (tertiary/aromatic N) is 4. The number of imidazole rings is 1. The van der Waals surface area contributed by atoms with Gasteiger partial charge in [0.15, 0.2) is 29.2 Å². The summed E-state index contributed by atoms with van der Waals surface area (Å²) < 4.78 is 73.7. The van der Waals surface area contributed by atoms with Gasteiger partial charge in [-0.3, -0.25) is 13.9 Å². The Balaban J connectivity index is 1.61. The van der Waals surface area contributed by atoms with Crippen LogP contribution in [0.25, 0.3) is 11.2 Å². The molecule has 3 aromatic rings. The number of hydrogen-bond acceptors (Lipinski definition) is 12. The van der Waals surface area contributed by atoms with Crippen LogP contribution >= 0.6 is 7.75 Å². The average molecular weight is 615 g/mol. The van der Waals surface area contributed by atoms with E-state index in [2.05, 4.69) is 20.0 Å². The standard InChI is InChI=1S/C25H33F2N6O8P/c1-6-37-19-17-18(30-23(28)31-19)33(13-29-17)22-24(5,26)21(35)25(27,40-22)12-38-42(36,41-16-10-8-7-9-11-16)32-15(4)20(34)39-14(2)3/h7-11,13-15,21-22,35H,6,12H2,1-5H3,(H,32,36)(H2,28,30,31)/t15-,21-,22+,24+,25+,42?/m0/s1. The molecule has 4 rings (SSSR count). The SMILES string of the molecule is CCOc1nc(N)nc2c1ncn2[C@@H]1O[C@](F)(COP(=O)(N[C@@H](C)C(=O)OC(C)C)Oc2ccccc2)[C@@H](O)[C@@]1(C)F. The molecule has 17 heteroatoms. The summed E-state index contributed by atoms with van der Waals surface area (Å²) in [5.74, 6) is -4.20. The third kappa shape index (κ3) is 6.47. The molecule has 1 saturated heterocycles. The predicted molar refractivity (Wildman–Crippen MR) is 145 cm³/mol. The Bertz CT molecular complexity index is 1460. The summed E-state index contributed by atoms with van der Waals surface area (Å²) in [6.45, 7) is 6.14. The Kier molecular flexibility index (Phi) is 9.04. The number of benzene rings is 1. The molecule has 14 nitrogen and oxygen atoms in total. The number of ether oxygens (including phenoxy) is 3. The molecule has 0 amide bonds. The van der Waals surface area contributed by atoms with Gasteiger partial charge in [0, 0.05) is 0 Å². The van der Waals surface area contributed by atoms with E-state index in [0.717, 1.165) is 17.8 Å². The molecule has 1 aliphatic rings. The van der Waals surface area contributed by atoms with E-state index in [9.17, 15) is 14.5 Å². The fraction of sp³-hybridized carbons (Fsp3) is 0.520. The number of fused-ring (bicyclic) bond motifs is 1. The number of aliphatic hydroxyl groups excluding tert-OH is 1. The second-order valence-electron chi connectivity index (χ2n) is 9.97. The van der Waals surface area contributed by atoms with Crippen LogP contribution in [-0.4, -0.2) is 73.6 Å². The van der Waals surface area contributed by atoms with E-state index >= 15 is 8.78 Å². The minimum absolute atomic E-state index is 0.0166. The van der Waals surface area contributed by atoms with Gasteiger partial charge in [0.2, 0.25) is 11.8 Å². The second kappa shape index (κ2) is 12.1. The zero-order valence-corrected chi connectivity index (χ0v) is 24.5. The number of carbonyl (C=O) groups excluding carboxylic acids is 1. The lowest BCUT2D eigenvalue weighted by Gasteiger charge is -2.28. The molecule has 0 bridgehead atoms. The lowest BCUT2D eigenvalue weighted by atomic mass is 9.97. The van der Waals surface area contributed by atoms with Gasteiger partial charge in [-0.05, 0) is 46.8 Å². The van der Waals surface area contributed by atoms with Gasteiger partial charge in [-0.2, -0.15) is 15.1 Å². The molecular weight excluding hydrogens is 581 g/mol. The number of hydrogen-bond donors (Lipinski definition) is 3. The first-order valence-electron chi connectivity index (χ1n) is 13.0. The number of halogens is 2. The number of nitrogen functional groups attached to an aromatic ring is 1. The van der Waals surface area contributed by atoms with Crippen LogP contribution in [0.2, 0.25) is 0 Å². The van der Waals surface area contributed by atoms with Crippen LogP contribution in [0.1, 0.15) is 40.8 Å². The highest BCUT2D eigenvalue weighted by Gasteiger charge is 2.65. The highest BCUT2D eigenvalue weighted by atomic mass is 31.2. The number of esters is 1. The molecular formula is C25H33F2N6O8P. The van der Waals surface area contributed by atoms with Crippen molar-refractivity contribution < 1.29 is 46.5 Å². The Morgan fingerprint density at radius 1 is 1.26 bits per heavy atom. The topological polar surface area (TPSA) is 182 Å². The normalized spacial score (nSPS) is 26.2. The molecule has 0 saturated carbocycles. The first-order valence-corrected chi connectivity index (χ1v) is 14.6. The number of nitrogens with two attached hydrogens (primary N) is 1. The van der Waals surface area contributed by atoms with E-state index in [4.69, 9.17) is 29.0 Å². The number of rotatable bonds is 12. The third-order valence-corrected chi connectivity index (χ3v) is 7.75. The van der Waals surface area contributed by atoms with E-state index in [0.29, 0.717) is 0 Å². The van der Waals surface area contributed by atoms with Crippen LogP contribution < -0.4 is 20.1 Å². The van der Waals surface area contributed by atoms with Gasteiger partial charge in [0.25, 0.3) is 5.85 Å². The largest absolute Gasteiger partial charge is 0.476 e. The quantitative estimate of drug-likeness (QED) is 0.200. The number of anilines is 1. The number of para-hydroxylation sites is 1. The van der Waals surface area contributed by atoms with Crippen molar-refractivity contribution in [3.8, 4) is 11.6 Å². The summed E-state index contributed by atoms with van der Waals surface area (Å²) in [5, 5.41) is 13.2. The molecule has 42 heavy (non-hydrogen) atoms. The first kappa shape index (κ1) is 31.5. The molecule has 1 aliphatic heterocycles. The number of alkyl halides is 2. The van der Waals surface area contributed by atoms with Crippen molar-refractivity contribution in [1.82, 2.24) is 24.6 Å². The molecule has 4 N–H and O–H groups in total. The fourth-order valence-electron chi connectivity index (χ4n) is 4.19. The Morgan fingerprint density at radius 2 is 1.95 bits per heavy atom. The molecule has 1 fully saturated rings. The molecule has 0 radical (unpaired) electrons. The Labute approximate surface area is 240 Å². The average Bonchev–Trinajstić information content (AvgIpc) is 3.40. The van der Waals surface area contributed by atoms with Gasteiger partial charge in [0.1, 0.15) is 18.4 Å². The molecule has 0 aliphatic carbocycles. The van der Waals surface area contributed by atoms with Crippen molar-refractivity contribution in [2.24, 2.45) is 0 Å². The summed E-state index contributed by atoms with van der Waals surface area (Å²) in [6.07, 6.45) is -3.66. The molecule has 230 valence electrons. The summed E-state index contributed by atoms with van der Waals surface area (Å²) in [6, 6.07) is 6.50. The lowest BCUT2D eigenvalue weighted by Crippen LogP contribution is -2.47. The van der Waals surface area contributed by atoms with Crippen LogP contribution in [0.15, 0.2) is 36.7 Å². The van der Waals surface area contributed by atoms with Crippen molar-refractivity contribution in [2.45, 2.75) is 70.6 Å². The van der Waals surface area contributed by atoms with Gasteiger partial charge in [-0.15, -0.1) is 0 Å². The predicted octanol–water partition coefficient (Wildman–Crippen LogP) is 3.22. The van der Waals surface area contributed by atoms with Crippen LogP contribution in [0.5, 0.6) is 11.6 Å². The van der Waals surface area contributed by atoms with Gasteiger partial charge in [-0.25, -0.2) is 18.3 Å². The van der Waals surface area contributed by atoms with Gasteiger partial charge in [0.05, 0.1) is 19.0 Å². The minimum Gasteiger partial charge on any atom is -0.476 e. The zero-order chi connectivity index (χ0) is 30.9. The van der Waals surface area contributed by atoms with E-state index < -0.39 is 56.3 Å². The van der Waals surface area contributed by atoms with Gasteiger partial charge in [-0.1, -0.05) is 18.2 Å². The van der Waals surface area contributed by atoms with Crippen molar-refractivity contribution in [3.63, 3.8) is 0 Å². The van der Waals surface area contributed by atoms with Gasteiger partial charge >= 0.3 is 13.7 Å². The number of nitrogens with one attached hydrogen (secondary N) is 1. The number of carbonyl (C=O) groups is 1. The summed E-state index contributed by atoms with van der Waals surface area (Å²) in [7, 11) is -4.58. The highest BCUT2D eigenvalue weighted by Crippen LogP contribution is 2.52. The number of aromatic nitrogens is 4. The maximum Gasteiger partial charge on any atom is 0.459 e. The molecule has 3 heterocycles. The van der Waals surface area contributed by atoms with E-state index in [1.165, 1.54) is 19.1 Å². The smallest absolute Gasteiger partial charge is 0.459 e. The fourth-order valence-corrected chi connectivity index (χ4v) is 5.69. The molecule has 2 aromatic heterocycles. The van der Waals surface area contributed by atoms with Crippen molar-refractivity contribution in [3.05, 3.63) is 36.7 Å². The van der Waals surface area contributed by atoms with E-state index in [-0.39, 0.29) is 35.3 Å². The second-order valence-corrected chi connectivity index (χ2v) is 11.7. The van der Waals surface area contributed by atoms with E-state index in [1.807, 2.05) is 0 Å². The Morgan fingerprint density at radius 3 is 2.60 bits per heavy atom. The summed E-state index contributed by atoms with van der Waals surface area (Å²) in [4.78, 5) is 24.5. The maximum atomic E-state index is 16.2. The Hall–Kier alpha value is -3.43. The van der Waals surface area contributed by atoms with Crippen LogP contribution in [-0.2, 0) is 23.4 Å². The molecule has 1 aromatic carbocycles. The highest BCUT2D eigenvalue weighted by molar-refractivity contribution is 7.52. The third-order valence-electron chi connectivity index (χ3n) is 6.13. The van der Waals surface area contributed by atoms with E-state index in [1.54, 1.807) is 39.0 Å². The summed E-state index contributed by atoms with van der Waals surface area (Å²) in [5.41, 5.74) is 3.03. The van der Waals surface area contributed by atoms with Crippen LogP contribution in [0, 0.1) is 0 Å². The van der Waals surface area contributed by atoms with Crippen molar-refractivity contribution in [2.75, 3.05) is 18.9 Å². The number of aliphatic hydroxyl groups is 1. The van der Waals surface area contributed by atoms with Crippen molar-refractivity contribution >= 4 is 30.8 Å². The van der Waals surface area contributed by atoms with Crippen LogP contribution in [0.3, 0.4) is 0 Å². The monoisotopic (exact) mass is 614 g/mol. The molecule has 1 unspecified atom stereocenters. The first-order chi connectivity index (χ1) is 19.7. The zero-order valence-electron chi connectivity index (χ0n) is 23.6. The maximum absolute atomic E-state index is 16.2. The summed E-state index contributed by atoms with van der Waals surface area (Å²) >= 11 is 0.